The number of aromatic nitrogens is 2. The summed E-state index contributed by atoms with van der Waals surface area (Å²) in [5, 5.41) is 0.857. The van der Waals surface area contributed by atoms with Crippen LogP contribution in [0, 0.1) is 5.82 Å². The summed E-state index contributed by atoms with van der Waals surface area (Å²) < 4.78 is 17.5. The lowest BCUT2D eigenvalue weighted by molar-refractivity contribution is -0.129. The first-order valence-electron chi connectivity index (χ1n) is 9.68. The van der Waals surface area contributed by atoms with E-state index in [0.717, 1.165) is 48.9 Å². The number of benzene rings is 1. The molecule has 1 amide bonds. The van der Waals surface area contributed by atoms with Crippen LogP contribution in [-0.2, 0) is 11.2 Å². The number of likely N-dealkylation sites (tertiary alicyclic amines) is 1. The molecule has 7 heteroatoms. The maximum absolute atomic E-state index is 13.1. The Kier molecular flexibility index (Phi) is 6.77. The average molecular weight is 391 g/mol. The Morgan fingerprint density at radius 3 is 2.67 bits per heavy atom. The zero-order chi connectivity index (χ0) is 19.2. The molecule has 0 radical (unpaired) electrons. The van der Waals surface area contributed by atoms with Crippen molar-refractivity contribution in [3.63, 3.8) is 0 Å². The van der Waals surface area contributed by atoms with Gasteiger partial charge < -0.3 is 9.80 Å². The van der Waals surface area contributed by atoms with E-state index >= 15 is 0 Å². The van der Waals surface area contributed by atoms with Gasteiger partial charge in [-0.25, -0.2) is 9.37 Å². The molecule has 0 bridgehead atoms. The van der Waals surface area contributed by atoms with Gasteiger partial charge in [0.2, 0.25) is 11.0 Å². The maximum Gasteiger partial charge on any atom is 0.224 e. The number of hydrogen-bond acceptors (Lipinski definition) is 5. The van der Waals surface area contributed by atoms with E-state index in [2.05, 4.69) is 28.1 Å². The SMILES string of the molecule is CCC(C)N(CCC(=O)N1CCCC1)c1nc(Cc2ccc(F)cc2)ns1. The molecule has 146 valence electrons. The number of rotatable bonds is 8. The van der Waals surface area contributed by atoms with Gasteiger partial charge in [-0.3, -0.25) is 4.79 Å². The van der Waals surface area contributed by atoms with Crippen molar-refractivity contribution in [1.82, 2.24) is 14.3 Å². The Morgan fingerprint density at radius 1 is 1.30 bits per heavy atom. The second-order valence-electron chi connectivity index (χ2n) is 7.08. The molecule has 27 heavy (non-hydrogen) atoms. The molecule has 0 spiro atoms. The molecule has 1 atom stereocenters. The van der Waals surface area contributed by atoms with Gasteiger partial charge in [-0.2, -0.15) is 4.37 Å². The maximum atomic E-state index is 13.1. The smallest absolute Gasteiger partial charge is 0.224 e. The molecule has 0 aliphatic carbocycles. The van der Waals surface area contributed by atoms with E-state index in [0.29, 0.717) is 25.4 Å². The Labute approximate surface area is 164 Å². The van der Waals surface area contributed by atoms with E-state index in [4.69, 9.17) is 0 Å². The topological polar surface area (TPSA) is 49.3 Å². The lowest BCUT2D eigenvalue weighted by Gasteiger charge is -2.28. The fraction of sp³-hybridized carbons (Fsp3) is 0.550. The first-order valence-corrected chi connectivity index (χ1v) is 10.5. The number of carbonyl (C=O) groups excluding carboxylic acids is 1. The van der Waals surface area contributed by atoms with E-state index in [1.165, 1.54) is 23.7 Å². The normalized spacial score (nSPS) is 15.1. The quantitative estimate of drug-likeness (QED) is 0.686. The second-order valence-corrected chi connectivity index (χ2v) is 7.82. The van der Waals surface area contributed by atoms with Crippen LogP contribution in [0.5, 0.6) is 0 Å². The Bertz CT molecular complexity index is 743. The van der Waals surface area contributed by atoms with Gasteiger partial charge in [0.1, 0.15) is 11.6 Å². The average Bonchev–Trinajstić information content (AvgIpc) is 3.36. The molecule has 2 heterocycles. The zero-order valence-corrected chi connectivity index (χ0v) is 16.8. The van der Waals surface area contributed by atoms with Gasteiger partial charge in [0, 0.05) is 50.1 Å². The van der Waals surface area contributed by atoms with Crippen molar-refractivity contribution in [2.45, 2.75) is 52.0 Å². The largest absolute Gasteiger partial charge is 0.344 e. The highest BCUT2D eigenvalue weighted by atomic mass is 32.1. The van der Waals surface area contributed by atoms with Gasteiger partial charge in [-0.05, 0) is 43.9 Å². The summed E-state index contributed by atoms with van der Waals surface area (Å²) in [4.78, 5) is 21.3. The van der Waals surface area contributed by atoms with E-state index < -0.39 is 0 Å². The minimum absolute atomic E-state index is 0.233. The Balaban J connectivity index is 1.64. The van der Waals surface area contributed by atoms with E-state index in [1.807, 2.05) is 4.90 Å². The number of hydrogen-bond donors (Lipinski definition) is 0. The number of anilines is 1. The highest BCUT2D eigenvalue weighted by Gasteiger charge is 2.22. The molecular weight excluding hydrogens is 363 g/mol. The van der Waals surface area contributed by atoms with Crippen molar-refractivity contribution in [2.24, 2.45) is 0 Å². The summed E-state index contributed by atoms with van der Waals surface area (Å²) >= 11 is 1.37. The van der Waals surface area contributed by atoms with Crippen molar-refractivity contribution in [1.29, 1.82) is 0 Å². The molecule has 3 rings (SSSR count). The van der Waals surface area contributed by atoms with E-state index in [1.54, 1.807) is 12.1 Å². The monoisotopic (exact) mass is 390 g/mol. The highest BCUT2D eigenvalue weighted by molar-refractivity contribution is 7.09. The third-order valence-electron chi connectivity index (χ3n) is 5.13. The Morgan fingerprint density at radius 2 is 2.00 bits per heavy atom. The standard InChI is InChI=1S/C20H27FN4OS/c1-3-15(2)25(13-10-19(26)24-11-4-5-12-24)20-22-18(23-27-20)14-16-6-8-17(21)9-7-16/h6-9,15H,3-5,10-14H2,1-2H3. The molecule has 1 aliphatic rings. The fourth-order valence-electron chi connectivity index (χ4n) is 3.28. The van der Waals surface area contributed by atoms with Gasteiger partial charge in [0.15, 0.2) is 0 Å². The van der Waals surface area contributed by atoms with Crippen LogP contribution >= 0.6 is 11.5 Å². The summed E-state index contributed by atoms with van der Waals surface area (Å²) in [7, 11) is 0. The lowest BCUT2D eigenvalue weighted by Crippen LogP contribution is -2.37. The van der Waals surface area contributed by atoms with Gasteiger partial charge in [0.25, 0.3) is 0 Å². The third kappa shape index (κ3) is 5.25. The fourth-order valence-corrected chi connectivity index (χ4v) is 4.10. The minimum Gasteiger partial charge on any atom is -0.344 e. The number of halogens is 1. The van der Waals surface area contributed by atoms with E-state index in [9.17, 15) is 9.18 Å². The first kappa shape index (κ1) is 19.7. The van der Waals surface area contributed by atoms with E-state index in [-0.39, 0.29) is 11.7 Å². The molecular formula is C20H27FN4OS. The van der Waals surface area contributed by atoms with Crippen molar-refractivity contribution in [3.8, 4) is 0 Å². The first-order chi connectivity index (χ1) is 13.1. The van der Waals surface area contributed by atoms with Gasteiger partial charge >= 0.3 is 0 Å². The van der Waals surface area contributed by atoms with Crippen LogP contribution in [0.3, 0.4) is 0 Å². The van der Waals surface area contributed by atoms with Crippen molar-refractivity contribution in [3.05, 3.63) is 41.5 Å². The van der Waals surface area contributed by atoms with Crippen LogP contribution in [0.2, 0.25) is 0 Å². The molecule has 2 aromatic rings. The van der Waals surface area contributed by atoms with Crippen LogP contribution in [-0.4, -0.2) is 45.8 Å². The minimum atomic E-state index is -0.240. The molecule has 0 saturated carbocycles. The van der Waals surface area contributed by atoms with Crippen LogP contribution in [0.4, 0.5) is 9.52 Å². The second kappa shape index (κ2) is 9.26. The van der Waals surface area contributed by atoms with Gasteiger partial charge in [0.05, 0.1) is 0 Å². The number of amides is 1. The van der Waals surface area contributed by atoms with Crippen molar-refractivity contribution >= 4 is 22.6 Å². The van der Waals surface area contributed by atoms with Crippen LogP contribution in [0.15, 0.2) is 24.3 Å². The molecule has 1 aliphatic heterocycles. The summed E-state index contributed by atoms with van der Waals surface area (Å²) in [5.41, 5.74) is 0.986. The Hall–Kier alpha value is -2.02. The van der Waals surface area contributed by atoms with Crippen molar-refractivity contribution < 1.29 is 9.18 Å². The summed E-state index contributed by atoms with van der Waals surface area (Å²) in [6.07, 6.45) is 4.30. The summed E-state index contributed by atoms with van der Waals surface area (Å²) in [6, 6.07) is 6.73. The molecule has 1 aromatic carbocycles. The summed E-state index contributed by atoms with van der Waals surface area (Å²) in [6.45, 7) is 6.74. The van der Waals surface area contributed by atoms with Gasteiger partial charge in [-0.1, -0.05) is 19.1 Å². The molecule has 5 nitrogen and oxygen atoms in total. The third-order valence-corrected chi connectivity index (χ3v) is 5.92. The molecule has 0 N–H and O–H groups in total. The van der Waals surface area contributed by atoms with Crippen LogP contribution in [0.1, 0.15) is 50.9 Å². The predicted molar refractivity (Wildman–Crippen MR) is 107 cm³/mol. The number of carbonyl (C=O) groups is 1. The van der Waals surface area contributed by atoms with Crippen LogP contribution in [0.25, 0.3) is 0 Å². The number of nitrogens with zero attached hydrogens (tertiary/aromatic N) is 4. The molecule has 1 aromatic heterocycles. The zero-order valence-electron chi connectivity index (χ0n) is 16.0. The lowest BCUT2D eigenvalue weighted by atomic mass is 10.1. The predicted octanol–water partition coefficient (Wildman–Crippen LogP) is 3.89. The summed E-state index contributed by atoms with van der Waals surface area (Å²) in [5.74, 6) is 0.730. The highest BCUT2D eigenvalue weighted by Crippen LogP contribution is 2.23. The van der Waals surface area contributed by atoms with Crippen molar-refractivity contribution in [2.75, 3.05) is 24.5 Å². The molecule has 1 unspecified atom stereocenters. The molecule has 1 saturated heterocycles. The van der Waals surface area contributed by atoms with Gasteiger partial charge in [-0.15, -0.1) is 0 Å². The molecule has 1 fully saturated rings. The van der Waals surface area contributed by atoms with Crippen LogP contribution < -0.4 is 4.90 Å².